The molecule has 9 heteroatoms. The van der Waals surface area contributed by atoms with Crippen LogP contribution in [0, 0.1) is 13.8 Å². The number of ether oxygens (including phenoxy) is 1. The molecule has 2 aromatic heterocycles. The Kier molecular flexibility index (Phi) is 8.05. The lowest BCUT2D eigenvalue weighted by atomic mass is 9.93. The number of likely N-dealkylation sites (tertiary alicyclic amines) is 1. The van der Waals surface area contributed by atoms with Gasteiger partial charge in [-0.3, -0.25) is 5.10 Å². The van der Waals surface area contributed by atoms with Gasteiger partial charge < -0.3 is 14.5 Å². The average Bonchev–Trinajstić information content (AvgIpc) is 3.57. The minimum atomic E-state index is -0.159. The Hall–Kier alpha value is -3.23. The van der Waals surface area contributed by atoms with Crippen LogP contribution in [0.5, 0.6) is 6.01 Å². The summed E-state index contributed by atoms with van der Waals surface area (Å²) in [4.78, 5) is 13.8. The minimum Gasteiger partial charge on any atom is -0.462 e. The molecule has 7 nitrogen and oxygen atoms in total. The van der Waals surface area contributed by atoms with Crippen LogP contribution in [0.2, 0.25) is 5.02 Å². The Morgan fingerprint density at radius 2 is 1.95 bits per heavy atom. The van der Waals surface area contributed by atoms with E-state index < -0.39 is 0 Å². The first-order valence-corrected chi connectivity index (χ1v) is 14.1. The second-order valence-electron chi connectivity index (χ2n) is 10.2. The van der Waals surface area contributed by atoms with Crippen LogP contribution in [-0.2, 0) is 0 Å². The summed E-state index contributed by atoms with van der Waals surface area (Å²) in [5, 5.41) is 9.71. The number of halogens is 2. The number of rotatable bonds is 5. The number of fused-ring (bicyclic) bond motifs is 2. The fourth-order valence-corrected chi connectivity index (χ4v) is 5.79. The second kappa shape index (κ2) is 11.5. The highest BCUT2D eigenvalue weighted by Crippen LogP contribution is 2.41. The molecule has 2 aliphatic heterocycles. The van der Waals surface area contributed by atoms with E-state index in [4.69, 9.17) is 26.3 Å². The standard InChI is InChI=1S/C28H30ClFN6O.C2H6/c1-16-10-25-22(13-31-34-25)26(17(16)2)20-12-24-21(11-23(20)29)27(36-9-4-6-18(30)14-36)33-28(32-24)37-15-19-7-5-8-35(19)3;1-2/h6,10-13,19H,4-5,7-9,14-15H2,1-3H3,(H,31,34);1-2H3. The molecule has 1 N–H and O–H groups in total. The first-order chi connectivity index (χ1) is 18.9. The van der Waals surface area contributed by atoms with E-state index in [-0.39, 0.29) is 12.4 Å². The van der Waals surface area contributed by atoms with Gasteiger partial charge in [-0.15, -0.1) is 0 Å². The molecule has 1 fully saturated rings. The first kappa shape index (κ1) is 27.3. The summed E-state index contributed by atoms with van der Waals surface area (Å²) in [5.41, 5.74) is 5.85. The molecule has 2 aromatic carbocycles. The summed E-state index contributed by atoms with van der Waals surface area (Å²) in [7, 11) is 2.12. The largest absolute Gasteiger partial charge is 0.462 e. The fraction of sp³-hybridized carbons (Fsp3) is 0.433. The van der Waals surface area contributed by atoms with Crippen molar-refractivity contribution in [3.05, 3.63) is 52.4 Å². The summed E-state index contributed by atoms with van der Waals surface area (Å²) in [5.74, 6) is 0.486. The molecule has 4 aromatic rings. The van der Waals surface area contributed by atoms with Crippen molar-refractivity contribution in [3.8, 4) is 17.1 Å². The van der Waals surface area contributed by atoms with Crippen molar-refractivity contribution in [1.29, 1.82) is 0 Å². The van der Waals surface area contributed by atoms with E-state index in [0.717, 1.165) is 57.9 Å². The van der Waals surface area contributed by atoms with Crippen molar-refractivity contribution in [2.75, 3.05) is 38.2 Å². The molecule has 0 amide bonds. The summed E-state index contributed by atoms with van der Waals surface area (Å²) < 4.78 is 20.4. The third kappa shape index (κ3) is 5.32. The Labute approximate surface area is 234 Å². The Balaban J connectivity index is 0.00000151. The lowest BCUT2D eigenvalue weighted by Crippen LogP contribution is -2.32. The predicted octanol–water partition coefficient (Wildman–Crippen LogP) is 7.01. The molecule has 0 aliphatic carbocycles. The van der Waals surface area contributed by atoms with Crippen molar-refractivity contribution in [2.45, 2.75) is 53.0 Å². The summed E-state index contributed by atoms with van der Waals surface area (Å²) in [6.45, 7) is 10.6. The Morgan fingerprint density at radius 1 is 1.13 bits per heavy atom. The maximum atomic E-state index is 14.3. The maximum absolute atomic E-state index is 14.3. The zero-order chi connectivity index (χ0) is 27.7. The highest BCUT2D eigenvalue weighted by molar-refractivity contribution is 6.35. The molecule has 1 atom stereocenters. The predicted molar refractivity (Wildman–Crippen MR) is 158 cm³/mol. The van der Waals surface area contributed by atoms with Gasteiger partial charge in [0.05, 0.1) is 23.8 Å². The maximum Gasteiger partial charge on any atom is 0.319 e. The third-order valence-corrected chi connectivity index (χ3v) is 8.07. The molecule has 0 spiro atoms. The van der Waals surface area contributed by atoms with Gasteiger partial charge in [0.15, 0.2) is 0 Å². The van der Waals surface area contributed by atoms with Crippen molar-refractivity contribution >= 4 is 39.2 Å². The third-order valence-electron chi connectivity index (χ3n) is 7.76. The van der Waals surface area contributed by atoms with Crippen LogP contribution in [0.1, 0.15) is 44.2 Å². The number of likely N-dealkylation sites (N-methyl/N-ethyl adjacent to an activating group) is 1. The van der Waals surface area contributed by atoms with E-state index in [1.54, 1.807) is 6.08 Å². The molecule has 0 saturated carbocycles. The van der Waals surface area contributed by atoms with E-state index in [2.05, 4.69) is 42.1 Å². The molecule has 4 heterocycles. The topological polar surface area (TPSA) is 70.2 Å². The Bertz CT molecular complexity index is 1530. The first-order valence-electron chi connectivity index (χ1n) is 13.8. The molecule has 206 valence electrons. The highest BCUT2D eigenvalue weighted by Gasteiger charge is 2.24. The molecule has 6 rings (SSSR count). The monoisotopic (exact) mass is 550 g/mol. The van der Waals surface area contributed by atoms with Gasteiger partial charge in [0.2, 0.25) is 0 Å². The van der Waals surface area contributed by atoms with Crippen molar-refractivity contribution in [3.63, 3.8) is 0 Å². The van der Waals surface area contributed by atoms with Crippen molar-refractivity contribution < 1.29 is 9.13 Å². The number of aryl methyl sites for hydroxylation is 1. The SMILES string of the molecule is CC.Cc1cc2[nH]ncc2c(-c2cc3nc(OCC4CCCN4C)nc(N4CCC=C(F)C4)c3cc2Cl)c1C. The lowest BCUT2D eigenvalue weighted by Gasteiger charge is -2.27. The summed E-state index contributed by atoms with van der Waals surface area (Å²) >= 11 is 6.95. The van der Waals surface area contributed by atoms with Gasteiger partial charge >= 0.3 is 6.01 Å². The summed E-state index contributed by atoms with van der Waals surface area (Å²) in [6, 6.07) is 6.64. The molecule has 1 unspecified atom stereocenters. The molecular formula is C30H36ClFN6O. The summed E-state index contributed by atoms with van der Waals surface area (Å²) in [6.07, 6.45) is 6.33. The van der Waals surface area contributed by atoms with Crippen LogP contribution in [0.25, 0.3) is 32.9 Å². The fourth-order valence-electron chi connectivity index (χ4n) is 5.53. The normalized spacial score (nSPS) is 17.9. The highest BCUT2D eigenvalue weighted by atomic mass is 35.5. The van der Waals surface area contributed by atoms with Gasteiger partial charge in [-0.25, -0.2) is 4.39 Å². The minimum absolute atomic E-state index is 0.159. The van der Waals surface area contributed by atoms with Crippen LogP contribution in [0.15, 0.2) is 36.3 Å². The molecule has 39 heavy (non-hydrogen) atoms. The van der Waals surface area contributed by atoms with E-state index in [1.165, 1.54) is 0 Å². The zero-order valence-electron chi connectivity index (χ0n) is 23.3. The molecule has 0 bridgehead atoms. The van der Waals surface area contributed by atoms with Gasteiger partial charge in [0.25, 0.3) is 0 Å². The number of nitrogens with one attached hydrogen (secondary N) is 1. The number of hydrogen-bond acceptors (Lipinski definition) is 6. The molecule has 2 aliphatic rings. The van der Waals surface area contributed by atoms with Crippen molar-refractivity contribution in [1.82, 2.24) is 25.1 Å². The van der Waals surface area contributed by atoms with Crippen LogP contribution in [-0.4, -0.2) is 64.4 Å². The zero-order valence-corrected chi connectivity index (χ0v) is 24.1. The number of nitrogens with zero attached hydrogens (tertiary/aromatic N) is 5. The lowest BCUT2D eigenvalue weighted by molar-refractivity contribution is 0.188. The molecular weight excluding hydrogens is 515 g/mol. The van der Waals surface area contributed by atoms with Crippen LogP contribution >= 0.6 is 11.6 Å². The number of aromatic amines is 1. The molecule has 0 radical (unpaired) electrons. The van der Waals surface area contributed by atoms with Crippen LogP contribution < -0.4 is 9.64 Å². The second-order valence-corrected chi connectivity index (χ2v) is 10.6. The average molecular weight is 551 g/mol. The van der Waals surface area contributed by atoms with E-state index >= 15 is 0 Å². The number of benzene rings is 2. The Morgan fingerprint density at radius 3 is 2.69 bits per heavy atom. The number of aromatic nitrogens is 4. The van der Waals surface area contributed by atoms with Gasteiger partial charge in [-0.1, -0.05) is 25.4 Å². The van der Waals surface area contributed by atoms with Gasteiger partial charge in [0.1, 0.15) is 18.3 Å². The van der Waals surface area contributed by atoms with Crippen LogP contribution in [0.4, 0.5) is 10.2 Å². The van der Waals surface area contributed by atoms with E-state index in [0.29, 0.717) is 48.0 Å². The van der Waals surface area contributed by atoms with E-state index in [9.17, 15) is 4.39 Å². The van der Waals surface area contributed by atoms with Gasteiger partial charge in [0, 0.05) is 33.9 Å². The van der Waals surface area contributed by atoms with E-state index in [1.807, 2.05) is 37.1 Å². The smallest absolute Gasteiger partial charge is 0.319 e. The van der Waals surface area contributed by atoms with Crippen molar-refractivity contribution in [2.24, 2.45) is 0 Å². The molecule has 1 saturated heterocycles. The number of anilines is 1. The number of H-pyrrole nitrogens is 1. The van der Waals surface area contributed by atoms with Crippen LogP contribution in [0.3, 0.4) is 0 Å². The quantitative estimate of drug-likeness (QED) is 0.288. The number of hydrogen-bond donors (Lipinski definition) is 1. The van der Waals surface area contributed by atoms with Gasteiger partial charge in [-0.05, 0) is 87.7 Å². The van der Waals surface area contributed by atoms with Gasteiger partial charge in [-0.2, -0.15) is 15.1 Å².